The Bertz CT molecular complexity index is 607. The van der Waals surface area contributed by atoms with Gasteiger partial charge in [0.1, 0.15) is 6.07 Å². The Hall–Kier alpha value is -1.79. The largest absolute Gasteiger partial charge is 0.354 e. The molecule has 0 saturated carbocycles. The van der Waals surface area contributed by atoms with Crippen LogP contribution in [0.15, 0.2) is 40.9 Å². The average Bonchev–Trinajstić information content (AvgIpc) is 2.27. The number of hydrogen-bond acceptors (Lipinski definition) is 2. The summed E-state index contributed by atoms with van der Waals surface area (Å²) >= 11 is 3.42. The van der Waals surface area contributed by atoms with E-state index in [2.05, 4.69) is 59.4 Å². The third-order valence-corrected chi connectivity index (χ3v) is 3.10. The first-order chi connectivity index (χ1) is 8.58. The van der Waals surface area contributed by atoms with Crippen molar-refractivity contribution in [2.75, 3.05) is 5.32 Å². The lowest BCUT2D eigenvalue weighted by Gasteiger charge is -2.10. The van der Waals surface area contributed by atoms with Crippen molar-refractivity contribution in [1.29, 1.82) is 5.26 Å². The molecule has 0 spiro atoms. The number of aryl methyl sites for hydroxylation is 2. The molecule has 90 valence electrons. The van der Waals surface area contributed by atoms with Crippen molar-refractivity contribution in [3.8, 4) is 6.07 Å². The van der Waals surface area contributed by atoms with Crippen LogP contribution in [-0.2, 0) is 0 Å². The van der Waals surface area contributed by atoms with E-state index in [1.165, 1.54) is 11.1 Å². The van der Waals surface area contributed by atoms with E-state index in [1.54, 1.807) is 6.07 Å². The molecule has 0 bridgehead atoms. The molecule has 18 heavy (non-hydrogen) atoms. The summed E-state index contributed by atoms with van der Waals surface area (Å²) in [4.78, 5) is 0. The summed E-state index contributed by atoms with van der Waals surface area (Å²) in [6.45, 7) is 4.12. The lowest BCUT2D eigenvalue weighted by molar-refractivity contribution is 1.37. The predicted molar refractivity (Wildman–Crippen MR) is 78.1 cm³/mol. The van der Waals surface area contributed by atoms with Crippen LogP contribution in [-0.4, -0.2) is 0 Å². The Morgan fingerprint density at radius 3 is 2.33 bits per heavy atom. The van der Waals surface area contributed by atoms with Crippen molar-refractivity contribution in [1.82, 2.24) is 0 Å². The van der Waals surface area contributed by atoms with Crippen LogP contribution in [0.2, 0.25) is 0 Å². The van der Waals surface area contributed by atoms with E-state index in [0.29, 0.717) is 5.56 Å². The molecule has 0 aromatic heterocycles. The Morgan fingerprint density at radius 1 is 1.06 bits per heavy atom. The summed E-state index contributed by atoms with van der Waals surface area (Å²) in [7, 11) is 0. The summed E-state index contributed by atoms with van der Waals surface area (Å²) in [5.74, 6) is 0. The number of nitriles is 1. The summed E-state index contributed by atoms with van der Waals surface area (Å²) in [6.07, 6.45) is 0. The van der Waals surface area contributed by atoms with E-state index in [0.717, 1.165) is 15.8 Å². The quantitative estimate of drug-likeness (QED) is 0.874. The number of rotatable bonds is 2. The van der Waals surface area contributed by atoms with Gasteiger partial charge in [-0.3, -0.25) is 0 Å². The summed E-state index contributed by atoms with van der Waals surface area (Å²) in [5.41, 5.74) is 4.85. The standard InChI is InChI=1S/C15H13BrN2/c1-10-5-11(2)7-14(6-10)18-15-8-13(16)4-3-12(15)9-17/h3-8,18H,1-2H3. The van der Waals surface area contributed by atoms with E-state index >= 15 is 0 Å². The fraction of sp³-hybridized carbons (Fsp3) is 0.133. The van der Waals surface area contributed by atoms with Gasteiger partial charge in [0.15, 0.2) is 0 Å². The molecule has 2 nitrogen and oxygen atoms in total. The maximum atomic E-state index is 9.09. The van der Waals surface area contributed by atoms with E-state index in [4.69, 9.17) is 5.26 Å². The molecular weight excluding hydrogens is 288 g/mol. The minimum atomic E-state index is 0.636. The van der Waals surface area contributed by atoms with Crippen LogP contribution in [0.3, 0.4) is 0 Å². The third kappa shape index (κ3) is 2.91. The minimum Gasteiger partial charge on any atom is -0.354 e. The maximum absolute atomic E-state index is 9.09. The zero-order chi connectivity index (χ0) is 13.1. The molecule has 0 radical (unpaired) electrons. The van der Waals surface area contributed by atoms with Crippen molar-refractivity contribution in [2.24, 2.45) is 0 Å². The highest BCUT2D eigenvalue weighted by Crippen LogP contribution is 2.25. The molecule has 2 aromatic carbocycles. The van der Waals surface area contributed by atoms with Gasteiger partial charge in [-0.05, 0) is 55.3 Å². The first-order valence-corrected chi connectivity index (χ1v) is 6.43. The van der Waals surface area contributed by atoms with Gasteiger partial charge in [0, 0.05) is 10.2 Å². The molecule has 0 aliphatic heterocycles. The van der Waals surface area contributed by atoms with Crippen LogP contribution in [0.25, 0.3) is 0 Å². The minimum absolute atomic E-state index is 0.636. The molecule has 2 rings (SSSR count). The molecule has 3 heteroatoms. The first-order valence-electron chi connectivity index (χ1n) is 5.63. The van der Waals surface area contributed by atoms with E-state index in [1.807, 2.05) is 12.1 Å². The van der Waals surface area contributed by atoms with Gasteiger partial charge in [0.05, 0.1) is 11.3 Å². The fourth-order valence-corrected chi connectivity index (χ4v) is 2.28. The normalized spacial score (nSPS) is 9.89. The molecule has 0 unspecified atom stereocenters. The van der Waals surface area contributed by atoms with Crippen LogP contribution in [0.5, 0.6) is 0 Å². The molecule has 0 aliphatic rings. The van der Waals surface area contributed by atoms with Gasteiger partial charge in [-0.2, -0.15) is 5.26 Å². The number of halogens is 1. The summed E-state index contributed by atoms with van der Waals surface area (Å²) in [6, 6.07) is 14.0. The molecule has 0 atom stereocenters. The number of nitrogens with zero attached hydrogens (tertiary/aromatic N) is 1. The molecule has 0 aliphatic carbocycles. The van der Waals surface area contributed by atoms with E-state index in [9.17, 15) is 0 Å². The molecule has 0 fully saturated rings. The van der Waals surface area contributed by atoms with Gasteiger partial charge in [0.25, 0.3) is 0 Å². The van der Waals surface area contributed by atoms with E-state index in [-0.39, 0.29) is 0 Å². The first kappa shape index (κ1) is 12.7. The highest BCUT2D eigenvalue weighted by molar-refractivity contribution is 9.10. The monoisotopic (exact) mass is 300 g/mol. The second-order valence-electron chi connectivity index (χ2n) is 4.30. The SMILES string of the molecule is Cc1cc(C)cc(Nc2cc(Br)ccc2C#N)c1. The van der Waals surface area contributed by atoms with Crippen LogP contribution in [0.1, 0.15) is 16.7 Å². The second kappa shape index (κ2) is 5.24. The van der Waals surface area contributed by atoms with Crippen LogP contribution < -0.4 is 5.32 Å². The molecule has 1 N–H and O–H groups in total. The summed E-state index contributed by atoms with van der Waals surface area (Å²) < 4.78 is 0.952. The van der Waals surface area contributed by atoms with Crippen molar-refractivity contribution in [2.45, 2.75) is 13.8 Å². The number of benzene rings is 2. The van der Waals surface area contributed by atoms with Gasteiger partial charge in [-0.15, -0.1) is 0 Å². The van der Waals surface area contributed by atoms with Gasteiger partial charge < -0.3 is 5.32 Å². The van der Waals surface area contributed by atoms with Gasteiger partial charge in [0.2, 0.25) is 0 Å². The number of nitrogens with one attached hydrogen (secondary N) is 1. The number of anilines is 2. The lowest BCUT2D eigenvalue weighted by Crippen LogP contribution is -1.94. The molecule has 0 heterocycles. The van der Waals surface area contributed by atoms with Gasteiger partial charge >= 0.3 is 0 Å². The molecule has 0 saturated heterocycles. The molecule has 0 amide bonds. The van der Waals surface area contributed by atoms with Crippen molar-refractivity contribution in [3.63, 3.8) is 0 Å². The fourth-order valence-electron chi connectivity index (χ4n) is 1.92. The molecular formula is C15H13BrN2. The highest BCUT2D eigenvalue weighted by Gasteiger charge is 2.04. The Kier molecular flexibility index (Phi) is 3.69. The predicted octanol–water partition coefficient (Wildman–Crippen LogP) is 4.68. The van der Waals surface area contributed by atoms with Crippen molar-refractivity contribution >= 4 is 27.3 Å². The molecule has 2 aromatic rings. The van der Waals surface area contributed by atoms with Gasteiger partial charge in [-0.1, -0.05) is 22.0 Å². The van der Waals surface area contributed by atoms with Crippen LogP contribution in [0.4, 0.5) is 11.4 Å². The zero-order valence-electron chi connectivity index (χ0n) is 10.3. The third-order valence-electron chi connectivity index (χ3n) is 2.60. The van der Waals surface area contributed by atoms with Crippen LogP contribution >= 0.6 is 15.9 Å². The highest BCUT2D eigenvalue weighted by atomic mass is 79.9. The summed E-state index contributed by atoms with van der Waals surface area (Å²) in [5, 5.41) is 12.4. The number of hydrogen-bond donors (Lipinski definition) is 1. The Labute approximate surface area is 115 Å². The van der Waals surface area contributed by atoms with Crippen LogP contribution in [0, 0.1) is 25.2 Å². The van der Waals surface area contributed by atoms with Gasteiger partial charge in [-0.25, -0.2) is 0 Å². The second-order valence-corrected chi connectivity index (χ2v) is 5.22. The van der Waals surface area contributed by atoms with Crippen molar-refractivity contribution < 1.29 is 0 Å². The Morgan fingerprint density at radius 2 is 1.72 bits per heavy atom. The van der Waals surface area contributed by atoms with E-state index < -0.39 is 0 Å². The lowest BCUT2D eigenvalue weighted by atomic mass is 10.1. The van der Waals surface area contributed by atoms with Crippen molar-refractivity contribution in [3.05, 3.63) is 57.6 Å². The average molecular weight is 301 g/mol. The topological polar surface area (TPSA) is 35.8 Å². The zero-order valence-corrected chi connectivity index (χ0v) is 11.9. The smallest absolute Gasteiger partial charge is 0.101 e. The Balaban J connectivity index is 2.39. The maximum Gasteiger partial charge on any atom is 0.101 e.